The van der Waals surface area contributed by atoms with Crippen molar-refractivity contribution < 1.29 is 9.53 Å². The third-order valence-electron chi connectivity index (χ3n) is 1.76. The summed E-state index contributed by atoms with van der Waals surface area (Å²) in [7, 11) is 0. The molecule has 0 atom stereocenters. The predicted octanol–water partition coefficient (Wildman–Crippen LogP) is 2.52. The fourth-order valence-electron chi connectivity index (χ4n) is 1.18. The van der Waals surface area contributed by atoms with E-state index in [0.29, 0.717) is 27.0 Å². The lowest BCUT2D eigenvalue weighted by molar-refractivity contribution is 0.0529. The molecular weight excluding hydrogens is 236 g/mol. The number of hydrogen-bond acceptors (Lipinski definition) is 5. The molecule has 0 radical (unpaired) electrons. The van der Waals surface area contributed by atoms with E-state index in [4.69, 9.17) is 16.3 Å². The van der Waals surface area contributed by atoms with E-state index in [-0.39, 0.29) is 5.97 Å². The van der Waals surface area contributed by atoms with E-state index in [1.807, 2.05) is 0 Å². The van der Waals surface area contributed by atoms with E-state index >= 15 is 0 Å². The van der Waals surface area contributed by atoms with E-state index in [2.05, 4.69) is 9.97 Å². The summed E-state index contributed by atoms with van der Waals surface area (Å²) < 4.78 is 5.95. The Labute approximate surface area is 94.9 Å². The van der Waals surface area contributed by atoms with E-state index in [0.717, 1.165) is 0 Å². The number of carbonyl (C=O) groups excluding carboxylic acids is 1. The first-order valence-electron chi connectivity index (χ1n) is 4.30. The lowest BCUT2D eigenvalue weighted by atomic mass is 10.3. The highest BCUT2D eigenvalue weighted by Crippen LogP contribution is 2.27. The second kappa shape index (κ2) is 4.12. The summed E-state index contributed by atoms with van der Waals surface area (Å²) in [5.41, 5.74) is 0.946. The van der Waals surface area contributed by atoms with Crippen molar-refractivity contribution in [3.05, 3.63) is 22.3 Å². The van der Waals surface area contributed by atoms with Gasteiger partial charge >= 0.3 is 5.97 Å². The Bertz CT molecular complexity index is 512. The lowest BCUT2D eigenvalue weighted by Crippen LogP contribution is -2.04. The van der Waals surface area contributed by atoms with Crippen molar-refractivity contribution in [1.82, 2.24) is 9.97 Å². The SMILES string of the molecule is CCOC(=O)c1ccnc2nc(Cl)sc12. The molecule has 0 aliphatic heterocycles. The van der Waals surface area contributed by atoms with Gasteiger partial charge in [0.1, 0.15) is 0 Å². The highest BCUT2D eigenvalue weighted by Gasteiger charge is 2.14. The van der Waals surface area contributed by atoms with E-state index < -0.39 is 0 Å². The normalized spacial score (nSPS) is 10.5. The molecule has 2 aromatic rings. The van der Waals surface area contributed by atoms with Gasteiger partial charge in [0.15, 0.2) is 10.1 Å². The van der Waals surface area contributed by atoms with Crippen LogP contribution in [-0.4, -0.2) is 22.5 Å². The molecule has 0 aromatic carbocycles. The molecule has 2 heterocycles. The predicted molar refractivity (Wildman–Crippen MR) is 58.4 cm³/mol. The maximum atomic E-state index is 11.6. The van der Waals surface area contributed by atoms with Crippen LogP contribution >= 0.6 is 22.9 Å². The maximum absolute atomic E-state index is 11.6. The van der Waals surface area contributed by atoms with Gasteiger partial charge in [-0.25, -0.2) is 14.8 Å². The van der Waals surface area contributed by atoms with Crippen molar-refractivity contribution in [3.8, 4) is 0 Å². The zero-order valence-corrected chi connectivity index (χ0v) is 9.43. The Morgan fingerprint density at radius 3 is 3.20 bits per heavy atom. The summed E-state index contributed by atoms with van der Waals surface area (Å²) in [6.45, 7) is 2.10. The average molecular weight is 243 g/mol. The van der Waals surface area contributed by atoms with Crippen LogP contribution in [-0.2, 0) is 4.74 Å². The Hall–Kier alpha value is -1.20. The highest BCUT2D eigenvalue weighted by molar-refractivity contribution is 7.22. The van der Waals surface area contributed by atoms with Gasteiger partial charge in [-0.05, 0) is 13.0 Å². The van der Waals surface area contributed by atoms with E-state index in [1.165, 1.54) is 17.5 Å². The molecule has 0 N–H and O–H groups in total. The number of halogens is 1. The minimum absolute atomic E-state index is 0.342. The van der Waals surface area contributed by atoms with Gasteiger partial charge in [0, 0.05) is 6.20 Å². The van der Waals surface area contributed by atoms with Crippen LogP contribution in [0.5, 0.6) is 0 Å². The fourth-order valence-corrected chi connectivity index (χ4v) is 2.24. The molecule has 0 spiro atoms. The third-order valence-corrected chi connectivity index (χ3v) is 2.94. The van der Waals surface area contributed by atoms with Crippen LogP contribution in [0.2, 0.25) is 4.47 Å². The van der Waals surface area contributed by atoms with Crippen molar-refractivity contribution in [2.75, 3.05) is 6.61 Å². The minimum Gasteiger partial charge on any atom is -0.462 e. The van der Waals surface area contributed by atoms with Crippen LogP contribution < -0.4 is 0 Å². The number of ether oxygens (including phenoxy) is 1. The largest absolute Gasteiger partial charge is 0.462 e. The highest BCUT2D eigenvalue weighted by atomic mass is 35.5. The second-order valence-corrected chi connectivity index (χ2v) is 4.28. The van der Waals surface area contributed by atoms with Crippen LogP contribution in [0.1, 0.15) is 17.3 Å². The summed E-state index contributed by atoms with van der Waals surface area (Å²) >= 11 is 6.98. The third kappa shape index (κ3) is 1.93. The number of pyridine rings is 1. The summed E-state index contributed by atoms with van der Waals surface area (Å²) in [6.07, 6.45) is 1.52. The quantitative estimate of drug-likeness (QED) is 0.760. The van der Waals surface area contributed by atoms with Gasteiger partial charge in [-0.15, -0.1) is 0 Å². The summed E-state index contributed by atoms with van der Waals surface area (Å²) in [4.78, 5) is 19.5. The van der Waals surface area contributed by atoms with Crippen molar-refractivity contribution >= 4 is 39.3 Å². The van der Waals surface area contributed by atoms with Crippen molar-refractivity contribution in [3.63, 3.8) is 0 Å². The summed E-state index contributed by atoms with van der Waals surface area (Å²) in [6, 6.07) is 1.61. The number of nitrogens with zero attached hydrogens (tertiary/aromatic N) is 2. The Morgan fingerprint density at radius 2 is 2.47 bits per heavy atom. The molecule has 0 saturated carbocycles. The first-order chi connectivity index (χ1) is 7.22. The average Bonchev–Trinajstić information content (AvgIpc) is 2.57. The summed E-state index contributed by atoms with van der Waals surface area (Å²) in [5.74, 6) is -0.370. The molecule has 6 heteroatoms. The first kappa shape index (κ1) is 10.3. The molecule has 0 aliphatic rings. The van der Waals surface area contributed by atoms with Crippen LogP contribution in [0.25, 0.3) is 10.3 Å². The number of aromatic nitrogens is 2. The van der Waals surface area contributed by atoms with Gasteiger partial charge in [-0.1, -0.05) is 22.9 Å². The fraction of sp³-hybridized carbons (Fsp3) is 0.222. The number of carbonyl (C=O) groups is 1. The van der Waals surface area contributed by atoms with E-state index in [1.54, 1.807) is 13.0 Å². The molecule has 2 aromatic heterocycles. The van der Waals surface area contributed by atoms with Gasteiger partial charge in [0.05, 0.1) is 16.9 Å². The standard InChI is InChI=1S/C9H7ClN2O2S/c1-2-14-8(13)5-3-4-11-7-6(5)15-9(10)12-7/h3-4H,2H2,1H3. The topological polar surface area (TPSA) is 52.1 Å². The van der Waals surface area contributed by atoms with Crippen LogP contribution in [0.3, 0.4) is 0 Å². The number of thiazole rings is 1. The molecule has 0 amide bonds. The Kier molecular flexibility index (Phi) is 2.83. The number of esters is 1. The van der Waals surface area contributed by atoms with Crippen molar-refractivity contribution in [1.29, 1.82) is 0 Å². The van der Waals surface area contributed by atoms with Gasteiger partial charge in [-0.2, -0.15) is 0 Å². The zero-order valence-electron chi connectivity index (χ0n) is 7.86. The van der Waals surface area contributed by atoms with Gasteiger partial charge in [-0.3, -0.25) is 0 Å². The van der Waals surface area contributed by atoms with Crippen LogP contribution in [0.4, 0.5) is 0 Å². The molecule has 0 aliphatic carbocycles. The van der Waals surface area contributed by atoms with Crippen molar-refractivity contribution in [2.45, 2.75) is 6.92 Å². The molecule has 0 fully saturated rings. The summed E-state index contributed by atoms with van der Waals surface area (Å²) in [5, 5.41) is 0. The zero-order chi connectivity index (χ0) is 10.8. The molecule has 0 bridgehead atoms. The molecule has 15 heavy (non-hydrogen) atoms. The maximum Gasteiger partial charge on any atom is 0.339 e. The number of fused-ring (bicyclic) bond motifs is 1. The Morgan fingerprint density at radius 1 is 1.67 bits per heavy atom. The van der Waals surface area contributed by atoms with Gasteiger partial charge in [0.2, 0.25) is 0 Å². The van der Waals surface area contributed by atoms with E-state index in [9.17, 15) is 4.79 Å². The van der Waals surface area contributed by atoms with Crippen molar-refractivity contribution in [2.24, 2.45) is 0 Å². The van der Waals surface area contributed by atoms with Crippen LogP contribution in [0.15, 0.2) is 12.3 Å². The first-order valence-corrected chi connectivity index (χ1v) is 5.50. The molecule has 2 rings (SSSR count). The molecule has 78 valence electrons. The minimum atomic E-state index is -0.370. The molecular formula is C9H7ClN2O2S. The molecule has 4 nitrogen and oxygen atoms in total. The second-order valence-electron chi connectivity index (χ2n) is 2.70. The molecule has 0 saturated heterocycles. The monoisotopic (exact) mass is 242 g/mol. The van der Waals surface area contributed by atoms with Gasteiger partial charge in [0.25, 0.3) is 0 Å². The smallest absolute Gasteiger partial charge is 0.339 e. The lowest BCUT2D eigenvalue weighted by Gasteiger charge is -2.00. The van der Waals surface area contributed by atoms with Crippen LogP contribution in [0, 0.1) is 0 Å². The molecule has 0 unspecified atom stereocenters. The number of rotatable bonds is 2. The number of hydrogen-bond donors (Lipinski definition) is 0. The van der Waals surface area contributed by atoms with Gasteiger partial charge < -0.3 is 4.74 Å². The Balaban J connectivity index is 2.55.